The van der Waals surface area contributed by atoms with Crippen molar-refractivity contribution >= 4 is 5.91 Å². The van der Waals surface area contributed by atoms with Crippen LogP contribution in [0, 0.1) is 11.8 Å². The van der Waals surface area contributed by atoms with Crippen molar-refractivity contribution in [2.75, 3.05) is 13.1 Å². The number of carbonyl (C=O) groups excluding carboxylic acids is 1. The molecule has 1 saturated carbocycles. The van der Waals surface area contributed by atoms with Gasteiger partial charge in [-0.15, -0.1) is 0 Å². The largest absolute Gasteiger partial charge is 0.355 e. The van der Waals surface area contributed by atoms with Crippen LogP contribution in [0.3, 0.4) is 0 Å². The third-order valence-electron chi connectivity index (χ3n) is 4.45. The molecular weight excluding hydrogens is 212 g/mol. The predicted octanol–water partition coefficient (Wildman–Crippen LogP) is 2.07. The molecule has 1 aliphatic heterocycles. The number of hydrogen-bond donors (Lipinski definition) is 2. The number of carbonyl (C=O) groups is 1. The molecule has 1 amide bonds. The van der Waals surface area contributed by atoms with Gasteiger partial charge in [0.1, 0.15) is 0 Å². The van der Waals surface area contributed by atoms with Gasteiger partial charge in [0, 0.05) is 6.54 Å². The van der Waals surface area contributed by atoms with Crippen LogP contribution >= 0.6 is 0 Å². The SMILES string of the molecule is CC1CCCCC1CNC1CCCCNC1=O. The molecule has 1 saturated heterocycles. The van der Waals surface area contributed by atoms with E-state index in [0.29, 0.717) is 0 Å². The van der Waals surface area contributed by atoms with Crippen molar-refractivity contribution in [3.63, 3.8) is 0 Å². The maximum atomic E-state index is 11.8. The van der Waals surface area contributed by atoms with Gasteiger partial charge >= 0.3 is 0 Å². The van der Waals surface area contributed by atoms with Crippen molar-refractivity contribution in [2.24, 2.45) is 11.8 Å². The maximum Gasteiger partial charge on any atom is 0.237 e. The van der Waals surface area contributed by atoms with Crippen molar-refractivity contribution < 1.29 is 4.79 Å². The smallest absolute Gasteiger partial charge is 0.237 e. The molecule has 2 aliphatic rings. The first-order chi connectivity index (χ1) is 8.27. The van der Waals surface area contributed by atoms with Gasteiger partial charge in [0.2, 0.25) is 5.91 Å². The monoisotopic (exact) mass is 238 g/mol. The van der Waals surface area contributed by atoms with E-state index >= 15 is 0 Å². The molecule has 17 heavy (non-hydrogen) atoms. The molecule has 1 heterocycles. The first-order valence-electron chi connectivity index (χ1n) is 7.28. The van der Waals surface area contributed by atoms with Crippen LogP contribution in [0.5, 0.6) is 0 Å². The van der Waals surface area contributed by atoms with Crippen LogP contribution in [0.2, 0.25) is 0 Å². The lowest BCUT2D eigenvalue weighted by molar-refractivity contribution is -0.122. The van der Waals surface area contributed by atoms with Gasteiger partial charge in [0.05, 0.1) is 6.04 Å². The minimum absolute atomic E-state index is 0.0617. The third kappa shape index (κ3) is 3.70. The molecule has 0 radical (unpaired) electrons. The van der Waals surface area contributed by atoms with Crippen molar-refractivity contribution in [2.45, 2.75) is 57.9 Å². The highest BCUT2D eigenvalue weighted by molar-refractivity contribution is 5.81. The summed E-state index contributed by atoms with van der Waals surface area (Å²) in [5.74, 6) is 1.82. The molecule has 0 bridgehead atoms. The fraction of sp³-hybridized carbons (Fsp3) is 0.929. The van der Waals surface area contributed by atoms with Crippen LogP contribution < -0.4 is 10.6 Å². The van der Waals surface area contributed by atoms with E-state index in [0.717, 1.165) is 44.2 Å². The lowest BCUT2D eigenvalue weighted by atomic mass is 9.80. The number of amides is 1. The van der Waals surface area contributed by atoms with E-state index in [-0.39, 0.29) is 11.9 Å². The second-order valence-electron chi connectivity index (χ2n) is 5.77. The minimum atomic E-state index is 0.0617. The number of rotatable bonds is 3. The summed E-state index contributed by atoms with van der Waals surface area (Å²) < 4.78 is 0. The van der Waals surface area contributed by atoms with E-state index in [9.17, 15) is 4.79 Å². The first-order valence-corrected chi connectivity index (χ1v) is 7.28. The average molecular weight is 238 g/mol. The van der Waals surface area contributed by atoms with Gasteiger partial charge in [-0.05, 0) is 44.1 Å². The zero-order valence-corrected chi connectivity index (χ0v) is 11.0. The number of hydrogen-bond acceptors (Lipinski definition) is 2. The first kappa shape index (κ1) is 12.9. The van der Waals surface area contributed by atoms with E-state index in [2.05, 4.69) is 17.6 Å². The summed E-state index contributed by atoms with van der Waals surface area (Å²) in [6.45, 7) is 4.24. The van der Waals surface area contributed by atoms with Gasteiger partial charge in [-0.3, -0.25) is 4.79 Å². The standard InChI is InChI=1S/C14H26N2O/c1-11-6-2-3-7-12(11)10-16-13-8-4-5-9-15-14(13)17/h11-13,16H,2-10H2,1H3,(H,15,17). The molecule has 3 nitrogen and oxygen atoms in total. The Hall–Kier alpha value is -0.570. The molecular formula is C14H26N2O. The molecule has 3 heteroatoms. The molecule has 2 N–H and O–H groups in total. The number of nitrogens with one attached hydrogen (secondary N) is 2. The molecule has 2 rings (SSSR count). The Morgan fingerprint density at radius 2 is 1.94 bits per heavy atom. The molecule has 3 unspecified atom stereocenters. The average Bonchev–Trinajstić information content (AvgIpc) is 2.53. The fourth-order valence-corrected chi connectivity index (χ4v) is 3.12. The molecule has 0 aromatic heterocycles. The second kappa shape index (κ2) is 6.39. The van der Waals surface area contributed by atoms with E-state index in [1.807, 2.05) is 0 Å². The Morgan fingerprint density at radius 1 is 1.18 bits per heavy atom. The van der Waals surface area contributed by atoms with Crippen LogP contribution in [0.1, 0.15) is 51.9 Å². The Morgan fingerprint density at radius 3 is 2.76 bits per heavy atom. The Bertz CT molecular complexity index is 255. The molecule has 3 atom stereocenters. The Labute approximate surface area is 105 Å². The summed E-state index contributed by atoms with van der Waals surface area (Å²) in [5.41, 5.74) is 0. The Balaban J connectivity index is 1.77. The van der Waals surface area contributed by atoms with Gasteiger partial charge < -0.3 is 10.6 Å². The second-order valence-corrected chi connectivity index (χ2v) is 5.77. The fourth-order valence-electron chi connectivity index (χ4n) is 3.12. The van der Waals surface area contributed by atoms with Gasteiger partial charge in [0.25, 0.3) is 0 Å². The predicted molar refractivity (Wildman–Crippen MR) is 69.8 cm³/mol. The van der Waals surface area contributed by atoms with Crippen molar-refractivity contribution in [1.29, 1.82) is 0 Å². The molecule has 0 spiro atoms. The lowest BCUT2D eigenvalue weighted by Crippen LogP contribution is -2.45. The van der Waals surface area contributed by atoms with Crippen LogP contribution in [-0.2, 0) is 4.79 Å². The minimum Gasteiger partial charge on any atom is -0.355 e. The van der Waals surface area contributed by atoms with E-state index in [1.54, 1.807) is 0 Å². The zero-order chi connectivity index (χ0) is 12.1. The van der Waals surface area contributed by atoms with Crippen LogP contribution in [0.4, 0.5) is 0 Å². The summed E-state index contributed by atoms with van der Waals surface area (Å²) in [5, 5.41) is 6.49. The topological polar surface area (TPSA) is 41.1 Å². The van der Waals surface area contributed by atoms with Crippen LogP contribution in [0.15, 0.2) is 0 Å². The molecule has 0 aromatic carbocycles. The van der Waals surface area contributed by atoms with Crippen molar-refractivity contribution in [3.05, 3.63) is 0 Å². The maximum absolute atomic E-state index is 11.8. The summed E-state index contributed by atoms with van der Waals surface area (Å²) in [6.07, 6.45) is 8.76. The zero-order valence-electron chi connectivity index (χ0n) is 11.0. The van der Waals surface area contributed by atoms with Gasteiger partial charge in [-0.25, -0.2) is 0 Å². The van der Waals surface area contributed by atoms with Gasteiger partial charge in [-0.2, -0.15) is 0 Å². The summed E-state index contributed by atoms with van der Waals surface area (Å²) in [6, 6.07) is 0.0617. The normalized spacial score (nSPS) is 35.1. The Kier molecular flexibility index (Phi) is 4.84. The highest BCUT2D eigenvalue weighted by Crippen LogP contribution is 2.29. The summed E-state index contributed by atoms with van der Waals surface area (Å²) in [4.78, 5) is 11.8. The van der Waals surface area contributed by atoms with Gasteiger partial charge in [0.15, 0.2) is 0 Å². The van der Waals surface area contributed by atoms with Crippen molar-refractivity contribution in [1.82, 2.24) is 10.6 Å². The molecule has 2 fully saturated rings. The highest BCUT2D eigenvalue weighted by atomic mass is 16.2. The van der Waals surface area contributed by atoms with Crippen LogP contribution in [-0.4, -0.2) is 25.0 Å². The van der Waals surface area contributed by atoms with Crippen molar-refractivity contribution in [3.8, 4) is 0 Å². The van der Waals surface area contributed by atoms with Gasteiger partial charge in [-0.1, -0.05) is 26.2 Å². The summed E-state index contributed by atoms with van der Waals surface area (Å²) >= 11 is 0. The van der Waals surface area contributed by atoms with E-state index < -0.39 is 0 Å². The molecule has 98 valence electrons. The lowest BCUT2D eigenvalue weighted by Gasteiger charge is -2.30. The van der Waals surface area contributed by atoms with E-state index in [4.69, 9.17) is 0 Å². The van der Waals surface area contributed by atoms with E-state index in [1.165, 1.54) is 25.7 Å². The quantitative estimate of drug-likeness (QED) is 0.790. The van der Waals surface area contributed by atoms with Crippen LogP contribution in [0.25, 0.3) is 0 Å². The molecule has 0 aromatic rings. The third-order valence-corrected chi connectivity index (χ3v) is 4.45. The molecule has 1 aliphatic carbocycles. The summed E-state index contributed by atoms with van der Waals surface area (Å²) in [7, 11) is 0. The highest BCUT2D eigenvalue weighted by Gasteiger charge is 2.24.